The molecule has 3 unspecified atom stereocenters. The maximum absolute atomic E-state index is 2.66. The van der Waals surface area contributed by atoms with E-state index in [9.17, 15) is 0 Å². The van der Waals surface area contributed by atoms with E-state index >= 15 is 0 Å². The van der Waals surface area contributed by atoms with Crippen LogP contribution in [-0.2, 0) is 19.3 Å². The number of hydrogen-bond acceptors (Lipinski definition) is 0. The van der Waals surface area contributed by atoms with Crippen molar-refractivity contribution >= 4 is 29.1 Å². The van der Waals surface area contributed by atoms with Crippen molar-refractivity contribution in [3.05, 3.63) is 147 Å². The lowest BCUT2D eigenvalue weighted by molar-refractivity contribution is 0.547. The Kier molecular flexibility index (Phi) is 6.40. The number of aromatic nitrogens is 2. The third kappa shape index (κ3) is 4.36. The van der Waals surface area contributed by atoms with Crippen LogP contribution in [0, 0.1) is 11.8 Å². The number of rotatable bonds is 4. The van der Waals surface area contributed by atoms with Gasteiger partial charge in [0.05, 0.1) is 6.04 Å². The summed E-state index contributed by atoms with van der Waals surface area (Å²) < 4.78 is 5.32. The Morgan fingerprint density at radius 3 is 2.27 bits per heavy atom. The van der Waals surface area contributed by atoms with Crippen molar-refractivity contribution in [1.82, 2.24) is 9.13 Å². The summed E-state index contributed by atoms with van der Waals surface area (Å²) in [4.78, 5) is 0. The Bertz CT molecular complexity index is 2010. The molecule has 1 aromatic carbocycles. The first kappa shape index (κ1) is 27.0. The predicted octanol–water partition coefficient (Wildman–Crippen LogP) is 10.6. The Morgan fingerprint density at radius 1 is 0.689 bits per heavy atom. The molecule has 0 aliphatic heterocycles. The van der Waals surface area contributed by atoms with Gasteiger partial charge in [-0.1, -0.05) is 91.1 Å². The Morgan fingerprint density at radius 2 is 1.44 bits per heavy atom. The molecule has 224 valence electrons. The second-order valence-electron chi connectivity index (χ2n) is 13.9. The van der Waals surface area contributed by atoms with Crippen molar-refractivity contribution in [3.63, 3.8) is 0 Å². The summed E-state index contributed by atoms with van der Waals surface area (Å²) in [5.74, 6) is 0.983. The van der Waals surface area contributed by atoms with E-state index in [1.807, 2.05) is 0 Å². The molecule has 45 heavy (non-hydrogen) atoms. The molecule has 2 aromatic heterocycles. The van der Waals surface area contributed by atoms with Gasteiger partial charge in [0.15, 0.2) is 0 Å². The molecule has 0 N–H and O–H groups in total. The van der Waals surface area contributed by atoms with Crippen LogP contribution in [0.15, 0.2) is 113 Å². The van der Waals surface area contributed by atoms with E-state index in [1.54, 1.807) is 22.5 Å². The van der Waals surface area contributed by atoms with E-state index in [4.69, 9.17) is 0 Å². The summed E-state index contributed by atoms with van der Waals surface area (Å²) in [6.07, 6.45) is 41.2. The van der Waals surface area contributed by atoms with Crippen LogP contribution in [0.1, 0.15) is 85.4 Å². The minimum Gasteiger partial charge on any atom is -0.345 e. The third-order valence-corrected chi connectivity index (χ3v) is 11.0. The molecule has 0 amide bonds. The quantitative estimate of drug-likeness (QED) is 0.288. The summed E-state index contributed by atoms with van der Waals surface area (Å²) in [5.41, 5.74) is 16.2. The SMILES string of the molecule is CC(C)n1c2c(c3c1CCC(C1=Cc4c(n(C5C=CC(C6=CC7C=CC=CC7C=C6)=CC5)c5ccccc45)CC1)=C3)C=CCC2. The minimum absolute atomic E-state index is 0.348. The summed E-state index contributed by atoms with van der Waals surface area (Å²) in [6, 6.07) is 9.97. The van der Waals surface area contributed by atoms with Gasteiger partial charge in [-0.05, 0) is 99.3 Å². The van der Waals surface area contributed by atoms with E-state index in [0.29, 0.717) is 23.9 Å². The Hall–Kier alpha value is -4.30. The highest BCUT2D eigenvalue weighted by Gasteiger charge is 2.29. The van der Waals surface area contributed by atoms with E-state index in [-0.39, 0.29) is 0 Å². The van der Waals surface area contributed by atoms with Gasteiger partial charge in [0, 0.05) is 62.6 Å². The lowest BCUT2D eigenvalue weighted by Crippen LogP contribution is -2.15. The van der Waals surface area contributed by atoms with Crippen LogP contribution in [0.3, 0.4) is 0 Å². The summed E-state index contributed by atoms with van der Waals surface area (Å²) >= 11 is 0. The van der Waals surface area contributed by atoms with Gasteiger partial charge in [-0.15, -0.1) is 0 Å². The van der Waals surface area contributed by atoms with Gasteiger partial charge in [0.25, 0.3) is 0 Å². The number of para-hydroxylation sites is 1. The average Bonchev–Trinajstić information content (AvgIpc) is 3.60. The summed E-state index contributed by atoms with van der Waals surface area (Å²) in [5, 5.41) is 1.40. The van der Waals surface area contributed by atoms with Crippen molar-refractivity contribution < 1.29 is 0 Å². The molecule has 0 fully saturated rings. The second-order valence-corrected chi connectivity index (χ2v) is 13.9. The van der Waals surface area contributed by atoms with Crippen molar-refractivity contribution in [3.8, 4) is 0 Å². The predicted molar refractivity (Wildman–Crippen MR) is 190 cm³/mol. The van der Waals surface area contributed by atoms with Crippen LogP contribution in [0.25, 0.3) is 29.1 Å². The molecule has 3 aromatic rings. The number of benzene rings is 1. The first-order valence-electron chi connectivity index (χ1n) is 17.2. The molecule has 3 atom stereocenters. The fraction of sp³-hybridized carbons (Fsp3) is 0.302. The third-order valence-electron chi connectivity index (χ3n) is 11.0. The number of fused-ring (bicyclic) bond motifs is 7. The average molecular weight is 587 g/mol. The maximum Gasteiger partial charge on any atom is 0.0557 e. The van der Waals surface area contributed by atoms with Crippen molar-refractivity contribution in [1.29, 1.82) is 0 Å². The van der Waals surface area contributed by atoms with Crippen LogP contribution in [0.5, 0.6) is 0 Å². The highest BCUT2D eigenvalue weighted by atomic mass is 15.0. The van der Waals surface area contributed by atoms with E-state index in [2.05, 4.69) is 132 Å². The van der Waals surface area contributed by atoms with Gasteiger partial charge in [-0.3, -0.25) is 0 Å². The molecule has 0 saturated heterocycles. The smallest absolute Gasteiger partial charge is 0.0557 e. The van der Waals surface area contributed by atoms with Gasteiger partial charge in [-0.2, -0.15) is 0 Å². The first-order valence-corrected chi connectivity index (χ1v) is 17.2. The lowest BCUT2D eigenvalue weighted by atomic mass is 9.81. The molecule has 9 rings (SSSR count). The maximum atomic E-state index is 2.66. The van der Waals surface area contributed by atoms with Crippen molar-refractivity contribution in [2.24, 2.45) is 11.8 Å². The molecule has 2 nitrogen and oxygen atoms in total. The number of allylic oxidation sites excluding steroid dienone is 15. The zero-order valence-electron chi connectivity index (χ0n) is 26.5. The van der Waals surface area contributed by atoms with Crippen LogP contribution in [-0.4, -0.2) is 9.13 Å². The Labute approximate surface area is 267 Å². The monoisotopic (exact) mass is 586 g/mol. The molecule has 2 heterocycles. The van der Waals surface area contributed by atoms with Gasteiger partial charge in [-0.25, -0.2) is 0 Å². The minimum atomic E-state index is 0.348. The van der Waals surface area contributed by atoms with Crippen LogP contribution in [0.2, 0.25) is 0 Å². The standard InChI is InChI=1S/C43H42N2/c1-28(2)44-40-13-7-5-11-36(40)38-26-33(19-23-42(38)44)34-20-24-43-39(27-34)37-12-6-8-14-41(37)45(43)35-21-17-30(18-22-35)32-16-15-29-9-3-4-10-31(29)25-32/h3-6,8-12,14-18,21,25-29,31,35H,7,13,19-20,22-24H2,1-2H3. The van der Waals surface area contributed by atoms with Gasteiger partial charge >= 0.3 is 0 Å². The number of nitrogens with zero attached hydrogens (tertiary/aromatic N) is 2. The van der Waals surface area contributed by atoms with Crippen LogP contribution >= 0.6 is 0 Å². The van der Waals surface area contributed by atoms with Gasteiger partial charge in [0.1, 0.15) is 0 Å². The fourth-order valence-corrected chi connectivity index (χ4v) is 8.96. The highest BCUT2D eigenvalue weighted by molar-refractivity contribution is 5.93. The van der Waals surface area contributed by atoms with E-state index in [0.717, 1.165) is 38.5 Å². The first-order chi connectivity index (χ1) is 22.1. The summed E-state index contributed by atoms with van der Waals surface area (Å²) in [7, 11) is 0. The molecule has 0 spiro atoms. The normalized spacial score (nSPS) is 24.6. The molecule has 0 saturated carbocycles. The number of hydrogen-bond donors (Lipinski definition) is 0. The molecular weight excluding hydrogens is 544 g/mol. The van der Waals surface area contributed by atoms with Crippen molar-refractivity contribution in [2.45, 2.75) is 70.9 Å². The topological polar surface area (TPSA) is 9.86 Å². The molecule has 2 heteroatoms. The van der Waals surface area contributed by atoms with Gasteiger partial charge in [0.2, 0.25) is 0 Å². The molecule has 0 radical (unpaired) electrons. The molecule has 6 aliphatic rings. The molecular formula is C43H42N2. The van der Waals surface area contributed by atoms with Gasteiger partial charge < -0.3 is 9.13 Å². The lowest BCUT2D eigenvalue weighted by Gasteiger charge is -2.27. The van der Waals surface area contributed by atoms with Crippen molar-refractivity contribution in [2.75, 3.05) is 0 Å². The van der Waals surface area contributed by atoms with E-state index < -0.39 is 0 Å². The second kappa shape index (κ2) is 10.7. The fourth-order valence-electron chi connectivity index (χ4n) is 8.96. The molecule has 6 aliphatic carbocycles. The zero-order valence-corrected chi connectivity index (χ0v) is 26.5. The van der Waals surface area contributed by atoms with Crippen LogP contribution in [0.4, 0.5) is 0 Å². The summed E-state index contributed by atoms with van der Waals surface area (Å²) in [6.45, 7) is 4.70. The Balaban J connectivity index is 1.05. The van der Waals surface area contributed by atoms with E-state index in [1.165, 1.54) is 50.9 Å². The largest absolute Gasteiger partial charge is 0.345 e. The molecule has 0 bridgehead atoms. The zero-order chi connectivity index (χ0) is 30.1. The van der Waals surface area contributed by atoms with Crippen LogP contribution < -0.4 is 0 Å². The highest BCUT2D eigenvalue weighted by Crippen LogP contribution is 2.44.